The highest BCUT2D eigenvalue weighted by Crippen LogP contribution is 2.24. The normalized spacial score (nSPS) is 21.1. The number of aryl methyl sites for hydroxylation is 1. The van der Waals surface area contributed by atoms with Crippen LogP contribution in [0.15, 0.2) is 12.4 Å². The van der Waals surface area contributed by atoms with Crippen molar-refractivity contribution in [2.45, 2.75) is 19.0 Å². The minimum atomic E-state index is -0.0367. The van der Waals surface area contributed by atoms with Gasteiger partial charge in [-0.15, -0.1) is 0 Å². The van der Waals surface area contributed by atoms with Gasteiger partial charge in [0, 0.05) is 45.0 Å². The lowest BCUT2D eigenvalue weighted by atomic mass is 10.0. The Hall–Kier alpha value is -1.40. The van der Waals surface area contributed by atoms with Crippen LogP contribution < -0.4 is 5.73 Å². The SMILES string of the molecule is CC(N)C(c1cnn(C)c1)N1CCN(C)C(=O)C1. The molecular formula is C12H21N5O. The van der Waals surface area contributed by atoms with E-state index >= 15 is 0 Å². The van der Waals surface area contributed by atoms with E-state index in [-0.39, 0.29) is 18.0 Å². The molecule has 1 aliphatic rings. The predicted molar refractivity (Wildman–Crippen MR) is 68.8 cm³/mol. The Bertz CT molecular complexity index is 428. The quantitative estimate of drug-likeness (QED) is 0.792. The van der Waals surface area contributed by atoms with E-state index < -0.39 is 0 Å². The molecule has 1 aromatic heterocycles. The van der Waals surface area contributed by atoms with E-state index in [1.807, 2.05) is 33.4 Å². The lowest BCUT2D eigenvalue weighted by Crippen LogP contribution is -2.52. The third kappa shape index (κ3) is 2.54. The number of carbonyl (C=O) groups excluding carboxylic acids is 1. The van der Waals surface area contributed by atoms with Crippen LogP contribution in [0, 0.1) is 0 Å². The molecule has 18 heavy (non-hydrogen) atoms. The van der Waals surface area contributed by atoms with Gasteiger partial charge in [0.25, 0.3) is 0 Å². The molecule has 6 nitrogen and oxygen atoms in total. The van der Waals surface area contributed by atoms with Crippen LogP contribution >= 0.6 is 0 Å². The van der Waals surface area contributed by atoms with Crippen LogP contribution in [0.3, 0.4) is 0 Å². The molecule has 2 atom stereocenters. The monoisotopic (exact) mass is 251 g/mol. The number of likely N-dealkylation sites (N-methyl/N-ethyl adjacent to an activating group) is 1. The summed E-state index contributed by atoms with van der Waals surface area (Å²) in [5.41, 5.74) is 7.16. The van der Waals surface area contributed by atoms with Gasteiger partial charge in [0.2, 0.25) is 5.91 Å². The number of aromatic nitrogens is 2. The second-order valence-electron chi connectivity index (χ2n) is 5.04. The van der Waals surface area contributed by atoms with Gasteiger partial charge in [-0.25, -0.2) is 0 Å². The average Bonchev–Trinajstić information content (AvgIpc) is 2.70. The van der Waals surface area contributed by atoms with Gasteiger partial charge >= 0.3 is 0 Å². The minimum absolute atomic E-state index is 0.0367. The summed E-state index contributed by atoms with van der Waals surface area (Å²) in [7, 11) is 3.72. The first-order chi connectivity index (χ1) is 8.49. The average molecular weight is 251 g/mol. The predicted octanol–water partition coefficient (Wildman–Crippen LogP) is -0.418. The van der Waals surface area contributed by atoms with Gasteiger partial charge in [0.05, 0.1) is 18.8 Å². The molecule has 0 saturated carbocycles. The molecule has 1 aromatic rings. The van der Waals surface area contributed by atoms with Gasteiger partial charge in [0.1, 0.15) is 0 Å². The highest BCUT2D eigenvalue weighted by molar-refractivity contribution is 5.78. The largest absolute Gasteiger partial charge is 0.343 e. The molecule has 0 spiro atoms. The Labute approximate surface area is 107 Å². The molecule has 0 radical (unpaired) electrons. The van der Waals surface area contributed by atoms with Crippen LogP contribution in [0.1, 0.15) is 18.5 Å². The molecule has 2 unspecified atom stereocenters. The zero-order valence-corrected chi connectivity index (χ0v) is 11.2. The second-order valence-corrected chi connectivity index (χ2v) is 5.04. The second kappa shape index (κ2) is 5.07. The summed E-state index contributed by atoms with van der Waals surface area (Å²) in [4.78, 5) is 15.7. The molecule has 6 heteroatoms. The molecule has 0 aromatic carbocycles. The van der Waals surface area contributed by atoms with E-state index in [4.69, 9.17) is 5.73 Å². The van der Waals surface area contributed by atoms with Gasteiger partial charge in [0.15, 0.2) is 0 Å². The van der Waals surface area contributed by atoms with Crippen molar-refractivity contribution < 1.29 is 4.79 Å². The van der Waals surface area contributed by atoms with E-state index in [9.17, 15) is 4.79 Å². The zero-order chi connectivity index (χ0) is 13.3. The molecule has 2 rings (SSSR count). The highest BCUT2D eigenvalue weighted by Gasteiger charge is 2.30. The molecule has 0 bridgehead atoms. The van der Waals surface area contributed by atoms with E-state index in [1.54, 1.807) is 9.58 Å². The molecule has 2 N–H and O–H groups in total. The number of nitrogens with two attached hydrogens (primary N) is 1. The van der Waals surface area contributed by atoms with Crippen molar-refractivity contribution in [3.63, 3.8) is 0 Å². The smallest absolute Gasteiger partial charge is 0.236 e. The number of hydrogen-bond donors (Lipinski definition) is 1. The third-order valence-corrected chi connectivity index (χ3v) is 3.44. The van der Waals surface area contributed by atoms with Gasteiger partial charge in [-0.2, -0.15) is 5.10 Å². The molecule has 1 aliphatic heterocycles. The molecular weight excluding hydrogens is 230 g/mol. The summed E-state index contributed by atoms with van der Waals surface area (Å²) in [6, 6.07) is 0.0155. The number of nitrogens with zero attached hydrogens (tertiary/aromatic N) is 4. The van der Waals surface area contributed by atoms with Crippen LogP contribution in [0.25, 0.3) is 0 Å². The molecule has 2 heterocycles. The molecule has 1 fully saturated rings. The fourth-order valence-corrected chi connectivity index (χ4v) is 2.45. The van der Waals surface area contributed by atoms with Crippen molar-refractivity contribution in [3.05, 3.63) is 18.0 Å². The lowest BCUT2D eigenvalue weighted by Gasteiger charge is -2.38. The fraction of sp³-hybridized carbons (Fsp3) is 0.667. The lowest BCUT2D eigenvalue weighted by molar-refractivity contribution is -0.135. The highest BCUT2D eigenvalue weighted by atomic mass is 16.2. The molecule has 1 amide bonds. The Balaban J connectivity index is 2.18. The number of amides is 1. The van der Waals surface area contributed by atoms with Gasteiger partial charge in [-0.05, 0) is 6.92 Å². The Morgan fingerprint density at radius 1 is 1.39 bits per heavy atom. The topological polar surface area (TPSA) is 67.4 Å². The number of hydrogen-bond acceptors (Lipinski definition) is 4. The maximum absolute atomic E-state index is 11.8. The molecule has 100 valence electrons. The van der Waals surface area contributed by atoms with E-state index in [0.29, 0.717) is 6.54 Å². The van der Waals surface area contributed by atoms with E-state index in [2.05, 4.69) is 10.00 Å². The van der Waals surface area contributed by atoms with Crippen LogP contribution in [-0.2, 0) is 11.8 Å². The zero-order valence-electron chi connectivity index (χ0n) is 11.2. The maximum Gasteiger partial charge on any atom is 0.236 e. The van der Waals surface area contributed by atoms with Crippen molar-refractivity contribution in [2.75, 3.05) is 26.7 Å². The van der Waals surface area contributed by atoms with Crippen molar-refractivity contribution in [2.24, 2.45) is 12.8 Å². The van der Waals surface area contributed by atoms with Crippen molar-refractivity contribution in [1.29, 1.82) is 0 Å². The Morgan fingerprint density at radius 2 is 2.11 bits per heavy atom. The van der Waals surface area contributed by atoms with Gasteiger partial charge < -0.3 is 10.6 Å². The number of rotatable bonds is 3. The first-order valence-corrected chi connectivity index (χ1v) is 6.21. The minimum Gasteiger partial charge on any atom is -0.343 e. The Kier molecular flexibility index (Phi) is 3.68. The van der Waals surface area contributed by atoms with Crippen LogP contribution in [-0.4, -0.2) is 58.2 Å². The first-order valence-electron chi connectivity index (χ1n) is 6.21. The van der Waals surface area contributed by atoms with Crippen molar-refractivity contribution in [1.82, 2.24) is 19.6 Å². The Morgan fingerprint density at radius 3 is 2.61 bits per heavy atom. The standard InChI is InChI=1S/C12H21N5O/c1-9(13)12(10-6-14-16(3)7-10)17-5-4-15(2)11(18)8-17/h6-7,9,12H,4-5,8,13H2,1-3H3. The molecule has 0 aliphatic carbocycles. The summed E-state index contributed by atoms with van der Waals surface area (Å²) in [5, 5.41) is 4.19. The number of carbonyl (C=O) groups is 1. The number of piperazine rings is 1. The van der Waals surface area contributed by atoms with Crippen LogP contribution in [0.4, 0.5) is 0 Å². The maximum atomic E-state index is 11.8. The van der Waals surface area contributed by atoms with Crippen LogP contribution in [0.2, 0.25) is 0 Å². The van der Waals surface area contributed by atoms with Crippen molar-refractivity contribution >= 4 is 5.91 Å². The summed E-state index contributed by atoms with van der Waals surface area (Å²) in [5.74, 6) is 0.149. The van der Waals surface area contributed by atoms with E-state index in [0.717, 1.165) is 18.7 Å². The summed E-state index contributed by atoms with van der Waals surface area (Å²) >= 11 is 0. The van der Waals surface area contributed by atoms with Gasteiger partial charge in [-0.1, -0.05) is 0 Å². The fourth-order valence-electron chi connectivity index (χ4n) is 2.45. The van der Waals surface area contributed by atoms with Crippen molar-refractivity contribution in [3.8, 4) is 0 Å². The third-order valence-electron chi connectivity index (χ3n) is 3.44. The van der Waals surface area contributed by atoms with Crippen LogP contribution in [0.5, 0.6) is 0 Å². The molecule has 1 saturated heterocycles. The van der Waals surface area contributed by atoms with E-state index in [1.165, 1.54) is 0 Å². The summed E-state index contributed by atoms with van der Waals surface area (Å²) < 4.78 is 1.77. The first kappa shape index (κ1) is 13.0. The van der Waals surface area contributed by atoms with Gasteiger partial charge in [-0.3, -0.25) is 14.4 Å². The summed E-state index contributed by atoms with van der Waals surface area (Å²) in [6.45, 7) is 4.00. The summed E-state index contributed by atoms with van der Waals surface area (Å²) in [6.07, 6.45) is 3.80.